The Morgan fingerprint density at radius 1 is 0.522 bits per heavy atom. The summed E-state index contributed by atoms with van der Waals surface area (Å²) in [5, 5.41) is 2.36. The van der Waals surface area contributed by atoms with Crippen LogP contribution in [0.25, 0.3) is 44.2 Å². The van der Waals surface area contributed by atoms with Gasteiger partial charge < -0.3 is 14.2 Å². The van der Waals surface area contributed by atoms with Crippen LogP contribution in [-0.2, 0) is 21.7 Å². The van der Waals surface area contributed by atoms with Crippen molar-refractivity contribution in [1.82, 2.24) is 0 Å². The van der Waals surface area contributed by atoms with Crippen molar-refractivity contribution in [2.75, 3.05) is 9.80 Å². The van der Waals surface area contributed by atoms with E-state index in [1.165, 1.54) is 126 Å². The quantitative estimate of drug-likeness (QED) is 0.165. The van der Waals surface area contributed by atoms with Gasteiger partial charge in [-0.25, -0.2) is 0 Å². The zero-order valence-corrected chi connectivity index (χ0v) is 41.8. The van der Waals surface area contributed by atoms with Crippen LogP contribution in [0.3, 0.4) is 0 Å². The number of benzene rings is 7. The van der Waals surface area contributed by atoms with Crippen LogP contribution >= 0.6 is 0 Å². The van der Waals surface area contributed by atoms with E-state index in [9.17, 15) is 0 Å². The molecular formula is C63H65BN2O. The summed E-state index contributed by atoms with van der Waals surface area (Å²) in [5.41, 5.74) is 24.1. The third-order valence-corrected chi connectivity index (χ3v) is 16.9. The Kier molecular flexibility index (Phi) is 8.87. The topological polar surface area (TPSA) is 19.6 Å². The molecule has 4 heterocycles. The van der Waals surface area contributed by atoms with Crippen molar-refractivity contribution < 1.29 is 4.42 Å². The van der Waals surface area contributed by atoms with Gasteiger partial charge in [0, 0.05) is 56.1 Å². The third kappa shape index (κ3) is 6.03. The Bertz CT molecular complexity index is 3300. The number of aryl methyl sites for hydroxylation is 1. The molecule has 3 aliphatic heterocycles. The van der Waals surface area contributed by atoms with Crippen molar-refractivity contribution in [1.29, 1.82) is 0 Å². The van der Waals surface area contributed by atoms with Gasteiger partial charge in [0.15, 0.2) is 0 Å². The summed E-state index contributed by atoms with van der Waals surface area (Å²) < 4.78 is 7.09. The Labute approximate surface area is 399 Å². The lowest BCUT2D eigenvalue weighted by Gasteiger charge is -2.53. The fraction of sp³-hybridized carbons (Fsp3) is 0.333. The van der Waals surface area contributed by atoms with Crippen molar-refractivity contribution >= 4 is 73.5 Å². The molecule has 8 aromatic rings. The zero-order valence-electron chi connectivity index (χ0n) is 41.8. The van der Waals surface area contributed by atoms with Crippen molar-refractivity contribution in [3.8, 4) is 22.3 Å². The molecule has 336 valence electrons. The van der Waals surface area contributed by atoms with E-state index >= 15 is 0 Å². The minimum Gasteiger partial charge on any atom is -0.456 e. The van der Waals surface area contributed by atoms with E-state index in [4.69, 9.17) is 4.42 Å². The molecule has 67 heavy (non-hydrogen) atoms. The normalized spacial score (nSPS) is 19.7. The van der Waals surface area contributed by atoms with Crippen LogP contribution in [0.4, 0.5) is 28.4 Å². The molecule has 0 bridgehead atoms. The minimum atomic E-state index is -0.0879. The van der Waals surface area contributed by atoms with Crippen molar-refractivity contribution in [3.05, 3.63) is 155 Å². The second-order valence-electron chi connectivity index (χ2n) is 24.2. The lowest BCUT2D eigenvalue weighted by Crippen LogP contribution is -2.64. The number of nitrogens with zero attached hydrogens (tertiary/aromatic N) is 2. The van der Waals surface area contributed by atoms with E-state index in [1.807, 2.05) is 0 Å². The number of furan rings is 1. The van der Waals surface area contributed by atoms with E-state index in [-0.39, 0.29) is 33.9 Å². The fourth-order valence-electron chi connectivity index (χ4n) is 12.9. The molecule has 0 spiro atoms. The number of hydrogen-bond acceptors (Lipinski definition) is 3. The number of hydrogen-bond donors (Lipinski definition) is 0. The average Bonchev–Trinajstić information content (AvgIpc) is 3.75. The van der Waals surface area contributed by atoms with E-state index in [0.717, 1.165) is 11.2 Å². The highest BCUT2D eigenvalue weighted by atomic mass is 16.3. The summed E-state index contributed by atoms with van der Waals surface area (Å²) in [6, 6.07) is 49.4. The Morgan fingerprint density at radius 3 is 1.73 bits per heavy atom. The van der Waals surface area contributed by atoms with Gasteiger partial charge in [-0.1, -0.05) is 173 Å². The summed E-state index contributed by atoms with van der Waals surface area (Å²) in [6.07, 6.45) is 4.87. The smallest absolute Gasteiger partial charge is 0.252 e. The summed E-state index contributed by atoms with van der Waals surface area (Å²) in [6.45, 7) is 28.7. The van der Waals surface area contributed by atoms with Crippen LogP contribution in [0.2, 0.25) is 0 Å². The standard InChI is InChI=1S/C63H65BN2O/c1-38-29-52-56-53(30-38)66-58-48(62(11)27-19-20-28-63(62,66)12)33-43(61(8,9)10)34-50(58)64(56)49-36-47-44-26-25-41(59(2,3)4)35-54(44)67-55(47)37-51(49)65(52)57-45(39-21-15-13-16-22-39)31-42(60(5,6)7)32-46(57)40-23-17-14-18-24-40/h13-18,21-26,29-37H,19-20,27-28H2,1-12H3. The van der Waals surface area contributed by atoms with Gasteiger partial charge in [0.2, 0.25) is 0 Å². The average molecular weight is 877 g/mol. The van der Waals surface area contributed by atoms with Crippen molar-refractivity contribution in [2.24, 2.45) is 0 Å². The second kappa shape index (κ2) is 14.0. The van der Waals surface area contributed by atoms with Crippen molar-refractivity contribution in [3.63, 3.8) is 0 Å². The molecule has 0 N–H and O–H groups in total. The molecule has 7 aromatic carbocycles. The van der Waals surface area contributed by atoms with E-state index in [2.05, 4.69) is 220 Å². The first kappa shape index (κ1) is 42.4. The highest BCUT2D eigenvalue weighted by Crippen LogP contribution is 2.63. The summed E-state index contributed by atoms with van der Waals surface area (Å²) in [5.74, 6) is 0. The molecule has 0 saturated heterocycles. The fourth-order valence-corrected chi connectivity index (χ4v) is 12.9. The number of anilines is 5. The van der Waals surface area contributed by atoms with E-state index in [0.29, 0.717) is 0 Å². The lowest BCUT2D eigenvalue weighted by atomic mass is 9.33. The van der Waals surface area contributed by atoms with Crippen molar-refractivity contribution in [2.45, 2.75) is 136 Å². The second-order valence-corrected chi connectivity index (χ2v) is 24.2. The molecule has 4 aliphatic rings. The van der Waals surface area contributed by atoms with Gasteiger partial charge in [-0.05, 0) is 129 Å². The third-order valence-electron chi connectivity index (χ3n) is 16.9. The van der Waals surface area contributed by atoms with Crippen LogP contribution < -0.4 is 26.2 Å². The minimum absolute atomic E-state index is 0.00244. The summed E-state index contributed by atoms with van der Waals surface area (Å²) in [7, 11) is 0. The molecule has 0 radical (unpaired) electrons. The molecule has 1 fully saturated rings. The van der Waals surface area contributed by atoms with Crippen LogP contribution in [0, 0.1) is 6.92 Å². The lowest BCUT2D eigenvalue weighted by molar-refractivity contribution is 0.195. The van der Waals surface area contributed by atoms with Gasteiger partial charge in [-0.2, -0.15) is 0 Å². The predicted molar refractivity (Wildman–Crippen MR) is 288 cm³/mol. The summed E-state index contributed by atoms with van der Waals surface area (Å²) in [4.78, 5) is 5.56. The number of fused-ring (bicyclic) bond motifs is 10. The maximum absolute atomic E-state index is 7.09. The number of rotatable bonds is 3. The Morgan fingerprint density at radius 2 is 1.10 bits per heavy atom. The highest BCUT2D eigenvalue weighted by molar-refractivity contribution is 7.00. The Hall–Kier alpha value is -6.00. The molecule has 1 aliphatic carbocycles. The first-order chi connectivity index (χ1) is 31.8. The largest absolute Gasteiger partial charge is 0.456 e. The SMILES string of the molecule is Cc1cc2c3c(c1)N1c4c(cc(C(C)(C)C)cc4C4(C)CCCCC14C)B3c1cc3c(cc1N2c1c(-c2ccccc2)cc(C(C)(C)C)cc1-c1ccccc1)oc1cc(C(C)(C)C)ccc13. The Balaban J connectivity index is 1.27. The zero-order chi connectivity index (χ0) is 46.7. The van der Waals surface area contributed by atoms with Gasteiger partial charge in [-0.15, -0.1) is 0 Å². The molecule has 12 rings (SSSR count). The van der Waals surface area contributed by atoms with Gasteiger partial charge >= 0.3 is 0 Å². The monoisotopic (exact) mass is 877 g/mol. The van der Waals surface area contributed by atoms with E-state index < -0.39 is 0 Å². The molecular weight excluding hydrogens is 812 g/mol. The van der Waals surface area contributed by atoms with Gasteiger partial charge in [-0.3, -0.25) is 0 Å². The molecule has 2 unspecified atom stereocenters. The van der Waals surface area contributed by atoms with Crippen LogP contribution in [0.5, 0.6) is 0 Å². The maximum atomic E-state index is 7.09. The maximum Gasteiger partial charge on any atom is 0.252 e. The first-order valence-corrected chi connectivity index (χ1v) is 25.0. The molecule has 2 atom stereocenters. The highest BCUT2D eigenvalue weighted by Gasteiger charge is 2.61. The summed E-state index contributed by atoms with van der Waals surface area (Å²) >= 11 is 0. The first-order valence-electron chi connectivity index (χ1n) is 25.0. The molecule has 1 aromatic heterocycles. The molecule has 1 saturated carbocycles. The molecule has 0 amide bonds. The predicted octanol–water partition coefficient (Wildman–Crippen LogP) is 15.5. The van der Waals surface area contributed by atoms with E-state index in [1.54, 1.807) is 5.56 Å². The van der Waals surface area contributed by atoms with Crippen LogP contribution in [-0.4, -0.2) is 12.3 Å². The van der Waals surface area contributed by atoms with Crippen LogP contribution in [0.15, 0.2) is 132 Å². The van der Waals surface area contributed by atoms with Gasteiger partial charge in [0.05, 0.1) is 11.2 Å². The molecule has 4 heteroatoms. The molecule has 3 nitrogen and oxygen atoms in total. The van der Waals surface area contributed by atoms with Gasteiger partial charge in [0.1, 0.15) is 11.2 Å². The van der Waals surface area contributed by atoms with Gasteiger partial charge in [0.25, 0.3) is 6.71 Å². The van der Waals surface area contributed by atoms with Crippen LogP contribution in [0.1, 0.15) is 130 Å².